The van der Waals surface area contributed by atoms with Crippen LogP contribution < -0.4 is 10.6 Å². The fourth-order valence-electron chi connectivity index (χ4n) is 1.03. The summed E-state index contributed by atoms with van der Waals surface area (Å²) in [5.41, 5.74) is 0. The first-order chi connectivity index (χ1) is 6.59. The molecule has 5 heteroatoms. The van der Waals surface area contributed by atoms with Gasteiger partial charge in [0.1, 0.15) is 0 Å². The van der Waals surface area contributed by atoms with E-state index in [9.17, 15) is 13.6 Å². The summed E-state index contributed by atoms with van der Waals surface area (Å²) in [7, 11) is 0. The Balaban J connectivity index is 1.99. The maximum atomic E-state index is 12.0. The third kappa shape index (κ3) is 4.50. The van der Waals surface area contributed by atoms with Gasteiger partial charge in [-0.15, -0.1) is 0 Å². The number of alkyl halides is 2. The number of hydrogen-bond acceptors (Lipinski definition) is 2. The molecule has 0 spiro atoms. The van der Waals surface area contributed by atoms with E-state index < -0.39 is 12.5 Å². The van der Waals surface area contributed by atoms with Crippen molar-refractivity contribution in [3.63, 3.8) is 0 Å². The highest BCUT2D eigenvalue weighted by Crippen LogP contribution is 2.18. The number of amides is 1. The van der Waals surface area contributed by atoms with E-state index in [1.165, 1.54) is 6.92 Å². The van der Waals surface area contributed by atoms with Gasteiger partial charge < -0.3 is 10.6 Å². The van der Waals surface area contributed by atoms with Crippen LogP contribution in [-0.4, -0.2) is 31.0 Å². The Hall–Kier alpha value is -0.710. The molecule has 3 nitrogen and oxygen atoms in total. The zero-order chi connectivity index (χ0) is 10.6. The van der Waals surface area contributed by atoms with Crippen LogP contribution in [0.4, 0.5) is 8.78 Å². The average molecular weight is 206 g/mol. The maximum Gasteiger partial charge on any atom is 0.253 e. The van der Waals surface area contributed by atoms with E-state index in [0.717, 1.165) is 12.8 Å². The van der Waals surface area contributed by atoms with Gasteiger partial charge in [0, 0.05) is 19.0 Å². The van der Waals surface area contributed by atoms with Crippen molar-refractivity contribution in [1.29, 1.82) is 0 Å². The lowest BCUT2D eigenvalue weighted by Crippen LogP contribution is -2.36. The molecule has 1 unspecified atom stereocenters. The summed E-state index contributed by atoms with van der Waals surface area (Å²) in [6.07, 6.45) is -0.00579. The normalized spacial score (nSPS) is 18.3. The molecule has 0 aliphatic heterocycles. The van der Waals surface area contributed by atoms with Crippen LogP contribution >= 0.6 is 0 Å². The summed E-state index contributed by atoms with van der Waals surface area (Å²) in [6, 6.07) is -0.501. The van der Waals surface area contributed by atoms with Crippen molar-refractivity contribution in [2.75, 3.05) is 6.54 Å². The Morgan fingerprint density at radius 3 is 2.64 bits per heavy atom. The summed E-state index contributed by atoms with van der Waals surface area (Å²) in [6.45, 7) is 1.72. The van der Waals surface area contributed by atoms with Gasteiger partial charge >= 0.3 is 0 Å². The minimum atomic E-state index is -2.37. The fraction of sp³-hybridized carbons (Fsp3) is 0.889. The minimum Gasteiger partial charge on any atom is -0.353 e. The quantitative estimate of drug-likeness (QED) is 0.678. The Morgan fingerprint density at radius 1 is 1.50 bits per heavy atom. The first-order valence-corrected chi connectivity index (χ1v) is 4.90. The molecule has 1 amide bonds. The van der Waals surface area contributed by atoms with Crippen molar-refractivity contribution < 1.29 is 13.6 Å². The molecule has 1 fully saturated rings. The smallest absolute Gasteiger partial charge is 0.253 e. The third-order valence-corrected chi connectivity index (χ3v) is 2.14. The third-order valence-electron chi connectivity index (χ3n) is 2.14. The van der Waals surface area contributed by atoms with E-state index in [4.69, 9.17) is 0 Å². The lowest BCUT2D eigenvalue weighted by atomic mass is 10.3. The summed E-state index contributed by atoms with van der Waals surface area (Å²) in [5, 5.41) is 5.39. The SMILES string of the molecule is CC(NCCC(=O)NC1CC1)C(F)F. The van der Waals surface area contributed by atoms with Gasteiger partial charge in [-0.3, -0.25) is 4.79 Å². The van der Waals surface area contributed by atoms with Crippen molar-refractivity contribution in [2.45, 2.75) is 44.7 Å². The summed E-state index contributed by atoms with van der Waals surface area (Å²) >= 11 is 0. The molecule has 0 aromatic rings. The van der Waals surface area contributed by atoms with Crippen LogP contribution in [0, 0.1) is 0 Å². The molecule has 14 heavy (non-hydrogen) atoms. The zero-order valence-electron chi connectivity index (χ0n) is 8.22. The van der Waals surface area contributed by atoms with Gasteiger partial charge in [0.25, 0.3) is 6.43 Å². The van der Waals surface area contributed by atoms with Crippen molar-refractivity contribution in [2.24, 2.45) is 0 Å². The van der Waals surface area contributed by atoms with E-state index >= 15 is 0 Å². The number of rotatable bonds is 6. The van der Waals surface area contributed by atoms with Gasteiger partial charge in [-0.2, -0.15) is 0 Å². The largest absolute Gasteiger partial charge is 0.353 e. The van der Waals surface area contributed by atoms with Gasteiger partial charge in [-0.05, 0) is 19.8 Å². The molecule has 1 aliphatic carbocycles. The Labute approximate surface area is 82.2 Å². The molecular weight excluding hydrogens is 190 g/mol. The molecule has 0 bridgehead atoms. The molecule has 1 atom stereocenters. The lowest BCUT2D eigenvalue weighted by Gasteiger charge is -2.11. The van der Waals surface area contributed by atoms with Crippen LogP contribution in [0.25, 0.3) is 0 Å². The second-order valence-corrected chi connectivity index (χ2v) is 3.67. The van der Waals surface area contributed by atoms with Crippen LogP contribution in [0.5, 0.6) is 0 Å². The van der Waals surface area contributed by atoms with Crippen molar-refractivity contribution in [3.8, 4) is 0 Å². The number of carbonyl (C=O) groups excluding carboxylic acids is 1. The number of hydrogen-bond donors (Lipinski definition) is 2. The molecule has 0 saturated heterocycles. The van der Waals surface area contributed by atoms with Gasteiger partial charge in [0.15, 0.2) is 0 Å². The predicted molar refractivity (Wildman–Crippen MR) is 49.3 cm³/mol. The monoisotopic (exact) mass is 206 g/mol. The summed E-state index contributed by atoms with van der Waals surface area (Å²) in [5.74, 6) is -0.0542. The van der Waals surface area contributed by atoms with Gasteiger partial charge in [0.2, 0.25) is 5.91 Å². The van der Waals surface area contributed by atoms with Crippen molar-refractivity contribution in [1.82, 2.24) is 10.6 Å². The van der Waals surface area contributed by atoms with E-state index in [1.54, 1.807) is 0 Å². The highest BCUT2D eigenvalue weighted by Gasteiger charge is 2.23. The second-order valence-electron chi connectivity index (χ2n) is 3.67. The molecule has 82 valence electrons. The highest BCUT2D eigenvalue weighted by molar-refractivity contribution is 5.76. The molecule has 1 saturated carbocycles. The molecule has 0 radical (unpaired) electrons. The Morgan fingerprint density at radius 2 is 2.14 bits per heavy atom. The van der Waals surface area contributed by atoms with E-state index in [2.05, 4.69) is 10.6 Å². The second kappa shape index (κ2) is 5.24. The van der Waals surface area contributed by atoms with Gasteiger partial charge in [-0.1, -0.05) is 0 Å². The summed E-state index contributed by atoms with van der Waals surface area (Å²) < 4.78 is 24.0. The van der Waals surface area contributed by atoms with Crippen LogP contribution in [-0.2, 0) is 4.79 Å². The molecular formula is C9H16F2N2O. The highest BCUT2D eigenvalue weighted by atomic mass is 19.3. The maximum absolute atomic E-state index is 12.0. The molecule has 0 heterocycles. The van der Waals surface area contributed by atoms with E-state index in [1.807, 2.05) is 0 Å². The number of carbonyl (C=O) groups is 1. The van der Waals surface area contributed by atoms with Crippen molar-refractivity contribution >= 4 is 5.91 Å². The van der Waals surface area contributed by atoms with Crippen LogP contribution in [0.1, 0.15) is 26.2 Å². The standard InChI is InChI=1S/C9H16F2N2O/c1-6(9(10)11)12-5-4-8(14)13-7-2-3-7/h6-7,9,12H,2-5H2,1H3,(H,13,14). The topological polar surface area (TPSA) is 41.1 Å². The van der Waals surface area contributed by atoms with E-state index in [0.29, 0.717) is 12.6 Å². The first-order valence-electron chi connectivity index (χ1n) is 4.90. The predicted octanol–water partition coefficient (Wildman–Crippen LogP) is 0.898. The van der Waals surface area contributed by atoms with E-state index in [-0.39, 0.29) is 12.3 Å². The molecule has 1 aliphatic rings. The van der Waals surface area contributed by atoms with Gasteiger partial charge in [0.05, 0.1) is 6.04 Å². The van der Waals surface area contributed by atoms with Crippen molar-refractivity contribution in [3.05, 3.63) is 0 Å². The molecule has 2 N–H and O–H groups in total. The molecule has 1 rings (SSSR count). The lowest BCUT2D eigenvalue weighted by molar-refractivity contribution is -0.121. The van der Waals surface area contributed by atoms with Gasteiger partial charge in [-0.25, -0.2) is 8.78 Å². The number of halogens is 2. The van der Waals surface area contributed by atoms with Crippen LogP contribution in [0.15, 0.2) is 0 Å². The Kier molecular flexibility index (Phi) is 4.25. The zero-order valence-corrected chi connectivity index (χ0v) is 8.22. The fourth-order valence-corrected chi connectivity index (χ4v) is 1.03. The van der Waals surface area contributed by atoms with Crippen LogP contribution in [0.2, 0.25) is 0 Å². The number of nitrogens with one attached hydrogen (secondary N) is 2. The average Bonchev–Trinajstić information content (AvgIpc) is 2.87. The molecule has 0 aromatic carbocycles. The Bertz CT molecular complexity index is 195. The minimum absolute atomic E-state index is 0.0542. The summed E-state index contributed by atoms with van der Waals surface area (Å²) in [4.78, 5) is 11.1. The molecule has 0 aromatic heterocycles. The first kappa shape index (κ1) is 11.4. The van der Waals surface area contributed by atoms with Crippen LogP contribution in [0.3, 0.4) is 0 Å².